The number of aliphatic hydroxyl groups is 2. The fraction of sp³-hybridized carbons (Fsp3) is 0.811. The number of nitrogens with zero attached hydrogens (tertiary/aromatic N) is 4. The van der Waals surface area contributed by atoms with Crippen LogP contribution in [0.25, 0.3) is 11.2 Å². The Morgan fingerprint density at radius 2 is 1.47 bits per heavy atom. The number of carbonyl (C=O) groups is 2. The number of nitrogen functional groups attached to an aromatic ring is 1. The van der Waals surface area contributed by atoms with Crippen molar-refractivity contribution in [2.75, 3.05) is 43.5 Å². The van der Waals surface area contributed by atoms with Crippen molar-refractivity contribution in [2.24, 2.45) is 5.41 Å². The summed E-state index contributed by atoms with van der Waals surface area (Å²) in [6.45, 7) is 3.22. The smallest absolute Gasteiger partial charge is 0.386 e. The number of nitrogens with one attached hydrogen (secondary N) is 2. The Hall–Kier alpha value is -2.11. The van der Waals surface area contributed by atoms with Crippen molar-refractivity contribution >= 4 is 64.0 Å². The van der Waals surface area contributed by atoms with Gasteiger partial charge in [0.2, 0.25) is 11.8 Å². The number of nitrogens with two attached hydrogens (primary N) is 1. The molecule has 3 unspecified atom stereocenters. The Morgan fingerprint density at radius 3 is 2.08 bits per heavy atom. The molecule has 0 spiro atoms. The molecule has 1 saturated heterocycles. The third-order valence-corrected chi connectivity index (χ3v) is 14.5. The van der Waals surface area contributed by atoms with Crippen LogP contribution in [0.2, 0.25) is 0 Å². The molecule has 368 valence electrons. The van der Waals surface area contributed by atoms with Crippen LogP contribution >= 0.6 is 35.2 Å². The monoisotopic (exact) mass is 991 g/mol. The fourth-order valence-electron chi connectivity index (χ4n) is 6.70. The van der Waals surface area contributed by atoms with Crippen LogP contribution in [0.5, 0.6) is 0 Å². The number of rotatable bonds is 34. The lowest BCUT2D eigenvalue weighted by molar-refractivity contribution is -0.137. The van der Waals surface area contributed by atoms with Gasteiger partial charge in [-0.2, -0.15) is 16.1 Å². The molecule has 2 aromatic heterocycles. The first kappa shape index (κ1) is 56.2. The first-order valence-corrected chi connectivity index (χ1v) is 27.3. The van der Waals surface area contributed by atoms with Crippen LogP contribution in [0.3, 0.4) is 0 Å². The highest BCUT2D eigenvalue weighted by Gasteiger charge is 2.50. The Bertz CT molecular complexity index is 1880. The minimum absolute atomic E-state index is 0.0318. The number of phosphoric ester groups is 3. The van der Waals surface area contributed by atoms with Gasteiger partial charge in [0.15, 0.2) is 17.7 Å². The van der Waals surface area contributed by atoms with Gasteiger partial charge in [-0.25, -0.2) is 28.6 Å². The number of phosphoric acid groups is 3. The van der Waals surface area contributed by atoms with Crippen molar-refractivity contribution in [3.8, 4) is 0 Å². The maximum Gasteiger partial charge on any atom is 0.481 e. The summed E-state index contributed by atoms with van der Waals surface area (Å²) >= 11 is 1.77. The van der Waals surface area contributed by atoms with Crippen molar-refractivity contribution < 1.29 is 75.7 Å². The number of hydrogen-bond acceptors (Lipinski definition) is 17. The summed E-state index contributed by atoms with van der Waals surface area (Å²) in [7, 11) is -16.3. The van der Waals surface area contributed by atoms with Crippen LogP contribution in [0.4, 0.5) is 5.82 Å². The van der Waals surface area contributed by atoms with E-state index in [1.807, 2.05) is 0 Å². The Morgan fingerprint density at radius 1 is 0.875 bits per heavy atom. The molecule has 2 aromatic rings. The highest BCUT2D eigenvalue weighted by Crippen LogP contribution is 2.61. The average Bonchev–Trinajstić information content (AvgIpc) is 3.78. The van der Waals surface area contributed by atoms with Gasteiger partial charge in [0.05, 0.1) is 19.5 Å². The lowest BCUT2D eigenvalue weighted by atomic mass is 9.87. The summed E-state index contributed by atoms with van der Waals surface area (Å²) in [5, 5.41) is 26.8. The third kappa shape index (κ3) is 20.4. The molecule has 1 aliphatic rings. The van der Waals surface area contributed by atoms with E-state index in [1.165, 1.54) is 97.3 Å². The van der Waals surface area contributed by atoms with Crippen molar-refractivity contribution in [1.82, 2.24) is 30.2 Å². The Labute approximate surface area is 378 Å². The lowest BCUT2D eigenvalue weighted by Crippen LogP contribution is -2.46. The second kappa shape index (κ2) is 27.6. The quantitative estimate of drug-likeness (QED) is 0.0341. The molecule has 0 bridgehead atoms. The minimum Gasteiger partial charge on any atom is -0.386 e. The molecule has 3 rings (SSSR count). The van der Waals surface area contributed by atoms with Crippen molar-refractivity contribution in [1.29, 1.82) is 0 Å². The molecule has 3 heterocycles. The number of aromatic nitrogens is 4. The van der Waals surface area contributed by atoms with Gasteiger partial charge >= 0.3 is 23.5 Å². The lowest BCUT2D eigenvalue weighted by Gasteiger charge is -2.30. The first-order valence-electron chi connectivity index (χ1n) is 21.6. The predicted molar refractivity (Wildman–Crippen MR) is 237 cm³/mol. The average molecular weight is 992 g/mol. The third-order valence-electron chi connectivity index (χ3n) is 10.3. The van der Waals surface area contributed by atoms with E-state index in [4.69, 9.17) is 19.5 Å². The molecule has 0 aromatic carbocycles. The molecule has 23 nitrogen and oxygen atoms in total. The van der Waals surface area contributed by atoms with Gasteiger partial charge in [-0.3, -0.25) is 27.7 Å². The predicted octanol–water partition coefficient (Wildman–Crippen LogP) is 4.62. The Kier molecular flexibility index (Phi) is 24.3. The number of amides is 2. The van der Waals surface area contributed by atoms with Crippen molar-refractivity contribution in [3.63, 3.8) is 0 Å². The standard InChI is InChI=1S/C37H68N7O16P3S/c1-4-5-6-7-8-9-10-11-12-13-14-15-16-17-21-64-22-20-39-28(45)18-19-40-35(48)32(47)37(2,3)24-57-63(54,55)60-62(52,53)56-23-27-31(59-61(49,50)51)30(46)36(58-27)44-26-43-29-33(38)41-25-42-34(29)44/h25-27,30-32,36,46-47H,4-24H2,1-3H3,(H,39,45)(H,40,48)(H,52,53)(H,54,55)(H2,38,41,42)(H2,49,50,51)/t27-,30+,31?,32+,36-/m1/s1. The molecule has 1 fully saturated rings. The molecule has 0 aliphatic carbocycles. The minimum atomic E-state index is -5.55. The highest BCUT2D eigenvalue weighted by atomic mass is 32.2. The molecular formula is C37H68N7O16P3S. The van der Waals surface area contributed by atoms with Gasteiger partial charge in [-0.1, -0.05) is 104 Å². The summed E-state index contributed by atoms with van der Waals surface area (Å²) < 4.78 is 62.5. The number of anilines is 1. The van der Waals surface area contributed by atoms with E-state index in [0.717, 1.165) is 35.1 Å². The van der Waals surface area contributed by atoms with E-state index in [-0.39, 0.29) is 35.9 Å². The van der Waals surface area contributed by atoms with E-state index in [1.54, 1.807) is 11.8 Å². The van der Waals surface area contributed by atoms with Crippen molar-refractivity contribution in [3.05, 3.63) is 12.7 Å². The highest BCUT2D eigenvalue weighted by molar-refractivity contribution is 7.99. The van der Waals surface area contributed by atoms with Crippen LogP contribution in [0, 0.1) is 5.41 Å². The number of aliphatic hydroxyl groups excluding tert-OH is 2. The summed E-state index contributed by atoms with van der Waals surface area (Å²) in [6.07, 6.45) is 11.7. The van der Waals surface area contributed by atoms with E-state index in [2.05, 4.69) is 41.3 Å². The number of carbonyl (C=O) groups excluding carboxylic acids is 2. The zero-order valence-electron chi connectivity index (χ0n) is 36.8. The molecular weight excluding hydrogens is 923 g/mol. The van der Waals surface area contributed by atoms with E-state index >= 15 is 0 Å². The summed E-state index contributed by atoms with van der Waals surface area (Å²) in [5.74, 6) is 0.534. The number of imidazole rings is 1. The summed E-state index contributed by atoms with van der Waals surface area (Å²) in [4.78, 5) is 76.1. The zero-order valence-corrected chi connectivity index (χ0v) is 40.3. The molecule has 0 radical (unpaired) electrons. The van der Waals surface area contributed by atoms with Crippen LogP contribution in [0.1, 0.15) is 123 Å². The maximum atomic E-state index is 12.7. The largest absolute Gasteiger partial charge is 0.481 e. The van der Waals surface area contributed by atoms with Crippen LogP contribution in [0.15, 0.2) is 12.7 Å². The normalized spacial score (nSPS) is 20.5. The second-order valence-electron chi connectivity index (χ2n) is 16.3. The van der Waals surface area contributed by atoms with E-state index in [0.29, 0.717) is 6.54 Å². The summed E-state index contributed by atoms with van der Waals surface area (Å²) in [5.41, 5.74) is 4.34. The van der Waals surface area contributed by atoms with Crippen LogP contribution in [-0.2, 0) is 45.9 Å². The van der Waals surface area contributed by atoms with Gasteiger partial charge in [0, 0.05) is 30.7 Å². The molecule has 0 saturated carbocycles. The van der Waals surface area contributed by atoms with Gasteiger partial charge in [-0.15, -0.1) is 0 Å². The van der Waals surface area contributed by atoms with Crippen LogP contribution < -0.4 is 16.4 Å². The number of hydrogen-bond donors (Lipinski definition) is 9. The number of fused-ring (bicyclic) bond motifs is 1. The first-order chi connectivity index (χ1) is 30.2. The second-order valence-corrected chi connectivity index (χ2v) is 21.7. The molecule has 64 heavy (non-hydrogen) atoms. The number of unbranched alkanes of at least 4 members (excludes halogenated alkanes) is 13. The van der Waals surface area contributed by atoms with E-state index < -0.39 is 78.6 Å². The molecule has 2 amide bonds. The molecule has 1 aliphatic heterocycles. The van der Waals surface area contributed by atoms with Gasteiger partial charge in [0.25, 0.3) is 0 Å². The fourth-order valence-corrected chi connectivity index (χ4v) is 10.4. The Balaban J connectivity index is 1.31. The van der Waals surface area contributed by atoms with Crippen molar-refractivity contribution in [2.45, 2.75) is 148 Å². The molecule has 7 atom stereocenters. The van der Waals surface area contributed by atoms with E-state index in [9.17, 15) is 53.1 Å². The van der Waals surface area contributed by atoms with Gasteiger partial charge in [-0.05, 0) is 12.2 Å². The zero-order chi connectivity index (χ0) is 47.4. The number of thioether (sulfide) groups is 1. The summed E-state index contributed by atoms with van der Waals surface area (Å²) in [6, 6.07) is 0. The molecule has 10 N–H and O–H groups in total. The van der Waals surface area contributed by atoms with Gasteiger partial charge < -0.3 is 50.9 Å². The topological polar surface area (TPSA) is 347 Å². The maximum absolute atomic E-state index is 12.7. The molecule has 27 heteroatoms. The van der Waals surface area contributed by atoms with Crippen LogP contribution in [-0.4, -0.2) is 123 Å². The van der Waals surface area contributed by atoms with Gasteiger partial charge in [0.1, 0.15) is 36.3 Å². The SMILES string of the molecule is CCCCCCCCCCCCCCCCSCCNC(=O)CCNC(=O)[C@H](O)C(C)(C)COP(=O)(O)OP(=O)(O)OC[C@H]1O[C@@H](n2cnc3c(N)ncnc32)[C@@H](O)C1OP(=O)(O)O. The number of ether oxygens (including phenoxy) is 1.